The zero-order valence-corrected chi connectivity index (χ0v) is 48.1. The topological polar surface area (TPSA) is 452 Å². The van der Waals surface area contributed by atoms with Gasteiger partial charge in [0.15, 0.2) is 0 Å². The van der Waals surface area contributed by atoms with Gasteiger partial charge in [-0.05, 0) is 32.4 Å². The van der Waals surface area contributed by atoms with Gasteiger partial charge in [0.1, 0.15) is 71.3 Å². The molecule has 1 aliphatic rings. The second-order valence-electron chi connectivity index (χ2n) is 17.9. The summed E-state index contributed by atoms with van der Waals surface area (Å²) in [6.45, 7) is 25.3. The summed E-state index contributed by atoms with van der Waals surface area (Å²) in [6.07, 6.45) is 5.01. The lowest BCUT2D eigenvalue weighted by Gasteiger charge is -2.20. The molecule has 0 aliphatic carbocycles. The number of oxazole rings is 2. The maximum atomic E-state index is 13.9. The maximum Gasteiger partial charge on any atom is 0.351 e. The number of carboxylic acids is 1. The first-order chi connectivity index (χ1) is 41.2. The number of hydrogen-bond acceptors (Lipinski definition) is 23. The number of amides is 10. The molecule has 0 saturated heterocycles. The molecule has 1 aliphatic heterocycles. The van der Waals surface area contributed by atoms with Crippen molar-refractivity contribution in [2.45, 2.75) is 51.9 Å². The molecule has 0 spiro atoms. The summed E-state index contributed by atoms with van der Waals surface area (Å²) >= 11 is 2.78. The van der Waals surface area contributed by atoms with Crippen LogP contribution in [0.5, 0.6) is 0 Å². The normalized spacial score (nSPS) is 16.1. The second kappa shape index (κ2) is 27.4. The number of thiazole rings is 3. The first-order valence-corrected chi connectivity index (χ1v) is 27.4. The third-order valence-corrected chi connectivity index (χ3v) is 14.4. The lowest BCUT2D eigenvalue weighted by atomic mass is 10.1. The third-order valence-electron chi connectivity index (χ3n) is 11.4. The van der Waals surface area contributed by atoms with Crippen molar-refractivity contribution in [3.8, 4) is 22.0 Å². The van der Waals surface area contributed by atoms with Crippen LogP contribution in [0.25, 0.3) is 33.4 Å². The van der Waals surface area contributed by atoms with Gasteiger partial charge in [-0.25, -0.2) is 34.7 Å². The minimum absolute atomic E-state index is 0.0174. The van der Waals surface area contributed by atoms with Gasteiger partial charge < -0.3 is 72.2 Å². The number of fused-ring (bicyclic) bond motifs is 13. The fourth-order valence-electron chi connectivity index (χ4n) is 6.95. The van der Waals surface area contributed by atoms with Crippen molar-refractivity contribution in [2.75, 3.05) is 0 Å². The Balaban J connectivity index is 1.16. The van der Waals surface area contributed by atoms with Gasteiger partial charge in [0.25, 0.3) is 53.2 Å². The average molecular weight is 1250 g/mol. The molecule has 87 heavy (non-hydrogen) atoms. The van der Waals surface area contributed by atoms with Crippen LogP contribution in [0.4, 0.5) is 0 Å². The largest absolute Gasteiger partial charge is 0.477 e. The van der Waals surface area contributed by atoms with Crippen LogP contribution in [-0.2, 0) is 35.3 Å². The number of pyridine rings is 1. The van der Waals surface area contributed by atoms with E-state index >= 15 is 0 Å². The van der Waals surface area contributed by atoms with Crippen LogP contribution in [0.1, 0.15) is 106 Å². The second-order valence-corrected chi connectivity index (χ2v) is 20.9. The molecule has 10 bridgehead atoms. The van der Waals surface area contributed by atoms with Gasteiger partial charge in [0.2, 0.25) is 23.4 Å². The van der Waals surface area contributed by atoms with Crippen molar-refractivity contribution in [2.24, 2.45) is 0 Å². The molecule has 6 aromatic heterocycles. The van der Waals surface area contributed by atoms with Crippen molar-refractivity contribution in [1.82, 2.24) is 83.1 Å². The van der Waals surface area contributed by atoms with E-state index in [1.807, 2.05) is 10.6 Å². The number of carbonyl (C=O) groups excluding carboxylic acids is 10. The van der Waals surface area contributed by atoms with E-state index in [9.17, 15) is 57.8 Å². The van der Waals surface area contributed by atoms with E-state index in [0.717, 1.165) is 46.5 Å². The molecular weight excluding hydrogens is 1200 g/mol. The Bertz CT molecular complexity index is 3970. The number of rotatable bonds is 11. The molecule has 3 atom stereocenters. The van der Waals surface area contributed by atoms with Crippen molar-refractivity contribution in [3.05, 3.63) is 165 Å². The highest BCUT2D eigenvalue weighted by Crippen LogP contribution is 2.34. The number of carbonyl (C=O) groups is 11. The fourth-order valence-corrected chi connectivity index (χ4v) is 9.35. The van der Waals surface area contributed by atoms with Gasteiger partial charge in [-0.1, -0.05) is 52.5 Å². The molecule has 34 heteroatoms. The van der Waals surface area contributed by atoms with E-state index in [4.69, 9.17) is 13.9 Å². The summed E-state index contributed by atoms with van der Waals surface area (Å²) in [5.41, 5.74) is -4.35. The molecule has 10 amide bonds. The lowest BCUT2D eigenvalue weighted by molar-refractivity contribution is -0.134. The van der Waals surface area contributed by atoms with Crippen LogP contribution < -0.4 is 53.2 Å². The zero-order valence-electron chi connectivity index (χ0n) is 45.6. The van der Waals surface area contributed by atoms with Crippen LogP contribution in [0.3, 0.4) is 0 Å². The number of nitrogens with one attached hydrogen (secondary N) is 10. The molecule has 6 aromatic rings. The number of aromatic nitrogens is 6. The minimum Gasteiger partial charge on any atom is -0.477 e. The SMILES string of the molecule is C=C(NC(=O)C(=C)NC(=O)C(=C)NC(=O)C(=C)NC(=O)c1ccc2c(n1)-c1coc(n1)C(=C)NC(=O)C(=C)NC(=O)c1cnc(s1)[C@@H](C)NC(=O)c1cnc(s1)CNC(=O)c1cnc(o1)C(=CCC)NC(=O)[C@H]([C@H](C)O)NC(=O)c1csc-2n1)C(=O)O. The summed E-state index contributed by atoms with van der Waals surface area (Å²) in [5.74, 6) is -11.8. The Morgan fingerprint density at radius 2 is 1.38 bits per heavy atom. The molecule has 12 N–H and O–H groups in total. The predicted octanol–water partition coefficient (Wildman–Crippen LogP) is 1.79. The van der Waals surface area contributed by atoms with E-state index in [1.165, 1.54) is 42.9 Å². The monoisotopic (exact) mass is 1240 g/mol. The maximum absolute atomic E-state index is 13.9. The number of carboxylic acid groups (broad SMARTS) is 1. The Labute approximate surface area is 502 Å². The van der Waals surface area contributed by atoms with E-state index < -0.39 is 117 Å². The van der Waals surface area contributed by atoms with Gasteiger partial charge in [-0.3, -0.25) is 47.9 Å². The van der Waals surface area contributed by atoms with Gasteiger partial charge in [0, 0.05) is 10.9 Å². The van der Waals surface area contributed by atoms with E-state index in [1.54, 1.807) is 13.8 Å². The number of allylic oxidation sites excluding steroid dienone is 1. The summed E-state index contributed by atoms with van der Waals surface area (Å²) in [6, 6.07) is 0.162. The number of nitrogens with zero attached hydrogens (tertiary/aromatic N) is 6. The molecule has 448 valence electrons. The van der Waals surface area contributed by atoms with Crippen LogP contribution in [0.2, 0.25) is 0 Å². The van der Waals surface area contributed by atoms with Gasteiger partial charge in [0.05, 0.1) is 65.8 Å². The minimum atomic E-state index is -1.63. The summed E-state index contributed by atoms with van der Waals surface area (Å²) in [7, 11) is 0. The van der Waals surface area contributed by atoms with Crippen LogP contribution in [0, 0.1) is 0 Å². The molecule has 0 fully saturated rings. The highest BCUT2D eigenvalue weighted by atomic mass is 32.1. The zero-order chi connectivity index (χ0) is 63.6. The van der Waals surface area contributed by atoms with Gasteiger partial charge in [-0.2, -0.15) is 0 Å². The van der Waals surface area contributed by atoms with Crippen LogP contribution >= 0.6 is 34.0 Å². The summed E-state index contributed by atoms with van der Waals surface area (Å²) < 4.78 is 11.4. The predicted molar refractivity (Wildman–Crippen MR) is 308 cm³/mol. The third kappa shape index (κ3) is 15.7. The Kier molecular flexibility index (Phi) is 20.0. The molecule has 0 saturated carbocycles. The quantitative estimate of drug-likeness (QED) is 0.0823. The van der Waals surface area contributed by atoms with Crippen LogP contribution in [-0.4, -0.2) is 117 Å². The van der Waals surface area contributed by atoms with E-state index in [-0.39, 0.29) is 72.9 Å². The first kappa shape index (κ1) is 63.4. The summed E-state index contributed by atoms with van der Waals surface area (Å²) in [5, 5.41) is 45.1. The number of hydrogen-bond donors (Lipinski definition) is 12. The number of aliphatic hydroxyl groups is 1. The molecule has 0 unspecified atom stereocenters. The molecule has 0 radical (unpaired) electrons. The Morgan fingerprint density at radius 3 is 2.05 bits per heavy atom. The molecule has 31 nitrogen and oxygen atoms in total. The van der Waals surface area contributed by atoms with Gasteiger partial charge >= 0.3 is 5.97 Å². The first-order valence-electron chi connectivity index (χ1n) is 24.8. The molecule has 7 heterocycles. The summed E-state index contributed by atoms with van der Waals surface area (Å²) in [4.78, 5) is 170. The van der Waals surface area contributed by atoms with Crippen molar-refractivity contribution in [3.63, 3.8) is 0 Å². The number of aliphatic carboxylic acids is 1. The average Bonchev–Trinajstić information content (AvgIpc) is 2.00. The van der Waals surface area contributed by atoms with Crippen molar-refractivity contribution in [1.29, 1.82) is 0 Å². The van der Waals surface area contributed by atoms with E-state index in [0.29, 0.717) is 16.4 Å². The van der Waals surface area contributed by atoms with Crippen molar-refractivity contribution < 1.29 is 71.8 Å². The van der Waals surface area contributed by atoms with Crippen LogP contribution in [0.15, 0.2) is 125 Å². The van der Waals surface area contributed by atoms with Crippen molar-refractivity contribution >= 4 is 110 Å². The fraction of sp³-hybridized carbons (Fsp3) is 0.151. The highest BCUT2D eigenvalue weighted by molar-refractivity contribution is 7.14. The standard InChI is InChI=1S/C53H48N16O15S3/c1-10-11-30-50-56-14-33(84-50)45(77)55-17-36-54-15-34(86-36)46(78)63-25(7)51-57-16-35(87-51)47(79)61-23(5)41(73)62-24(6)49-67-31(18-83-49)38-28(52-68-32(19-85-52)44(76)69-37(27(9)70)48(80)66-30)12-13-29(65-38)43(75)60-22(4)40(72)58-20(2)39(71)59-21(3)42(74)64-26(8)53(81)82/h11-16,18-19,25,27,37,70H,2-6,8,10,17H2,1,7,9H3,(H,55,77)(H,58,72)(H,59,71)(H,60,75)(H,61,79)(H,62,73)(H,63,78)(H,64,74)(H,66,80)(H,69,76)(H,81,82)/t25-,27+,37+/m1/s1. The number of aliphatic hydroxyl groups excluding tert-OH is 1. The smallest absolute Gasteiger partial charge is 0.351 e. The lowest BCUT2D eigenvalue weighted by Crippen LogP contribution is -2.52. The molecule has 0 aromatic carbocycles. The van der Waals surface area contributed by atoms with E-state index in [2.05, 4.69) is 112 Å². The van der Waals surface area contributed by atoms with Gasteiger partial charge in [-0.15, -0.1) is 34.0 Å². The Morgan fingerprint density at radius 1 is 0.736 bits per heavy atom. The molecular formula is C53H48N16O15S3. The molecule has 7 rings (SSSR count). The Hall–Kier alpha value is -11.2. The highest BCUT2D eigenvalue weighted by Gasteiger charge is 2.31.